The van der Waals surface area contributed by atoms with Gasteiger partial charge in [-0.15, -0.1) is 0 Å². The van der Waals surface area contributed by atoms with Crippen LogP contribution in [-0.2, 0) is 21.2 Å². The lowest BCUT2D eigenvalue weighted by molar-refractivity contribution is 0.115. The number of carbonyl (C=O) groups is 1. The summed E-state index contributed by atoms with van der Waals surface area (Å²) in [5.41, 5.74) is 0.645. The van der Waals surface area contributed by atoms with Crippen LogP contribution in [0.2, 0.25) is 0 Å². The SMILES string of the molecule is COCCC1(NS(C)(=O)=O)CCN(C(=O)NCCc2ccccc2)CC1. The second kappa shape index (κ2) is 9.34. The Balaban J connectivity index is 1.83. The second-order valence-corrected chi connectivity index (χ2v) is 8.60. The van der Waals surface area contributed by atoms with Crippen LogP contribution in [-0.4, -0.2) is 64.5 Å². The molecule has 0 spiro atoms. The zero-order chi connectivity index (χ0) is 19.0. The number of ether oxygens (including phenoxy) is 1. The number of benzene rings is 1. The Morgan fingerprint density at radius 2 is 1.88 bits per heavy atom. The number of methoxy groups -OCH3 is 1. The summed E-state index contributed by atoms with van der Waals surface area (Å²) >= 11 is 0. The third-order valence-electron chi connectivity index (χ3n) is 4.73. The Morgan fingerprint density at radius 1 is 1.23 bits per heavy atom. The van der Waals surface area contributed by atoms with E-state index < -0.39 is 15.6 Å². The lowest BCUT2D eigenvalue weighted by Crippen LogP contribution is -2.57. The number of piperidine rings is 1. The Morgan fingerprint density at radius 3 is 2.46 bits per heavy atom. The fraction of sp³-hybridized carbons (Fsp3) is 0.611. The molecule has 2 amide bonds. The van der Waals surface area contributed by atoms with Crippen LogP contribution in [0.1, 0.15) is 24.8 Å². The summed E-state index contributed by atoms with van der Waals surface area (Å²) in [5.74, 6) is 0. The molecule has 1 saturated heterocycles. The van der Waals surface area contributed by atoms with Gasteiger partial charge in [-0.3, -0.25) is 0 Å². The summed E-state index contributed by atoms with van der Waals surface area (Å²) in [6.45, 7) is 2.09. The van der Waals surface area contributed by atoms with Gasteiger partial charge in [0.2, 0.25) is 10.0 Å². The number of hydrogen-bond donors (Lipinski definition) is 2. The molecule has 0 unspecified atom stereocenters. The van der Waals surface area contributed by atoms with E-state index in [1.165, 1.54) is 11.8 Å². The summed E-state index contributed by atoms with van der Waals surface area (Å²) in [7, 11) is -1.72. The van der Waals surface area contributed by atoms with E-state index in [1.54, 1.807) is 12.0 Å². The van der Waals surface area contributed by atoms with E-state index in [2.05, 4.69) is 10.0 Å². The number of nitrogens with one attached hydrogen (secondary N) is 2. The molecular weight excluding hydrogens is 354 g/mol. The predicted molar refractivity (Wildman–Crippen MR) is 102 cm³/mol. The van der Waals surface area contributed by atoms with Crippen molar-refractivity contribution in [2.24, 2.45) is 0 Å². The number of rotatable bonds is 8. The first-order valence-corrected chi connectivity index (χ1v) is 10.8. The van der Waals surface area contributed by atoms with Gasteiger partial charge in [-0.25, -0.2) is 17.9 Å². The van der Waals surface area contributed by atoms with Crippen LogP contribution >= 0.6 is 0 Å². The fourth-order valence-corrected chi connectivity index (χ4v) is 4.39. The van der Waals surface area contributed by atoms with Gasteiger partial charge < -0.3 is 15.0 Å². The highest BCUT2D eigenvalue weighted by Crippen LogP contribution is 2.26. The van der Waals surface area contributed by atoms with Crippen LogP contribution in [0, 0.1) is 0 Å². The zero-order valence-corrected chi connectivity index (χ0v) is 16.3. The Labute approximate surface area is 156 Å². The number of nitrogens with zero attached hydrogens (tertiary/aromatic N) is 1. The number of likely N-dealkylation sites (tertiary alicyclic amines) is 1. The summed E-state index contributed by atoms with van der Waals surface area (Å²) in [6.07, 6.45) is 3.71. The van der Waals surface area contributed by atoms with E-state index in [-0.39, 0.29) is 6.03 Å². The third-order valence-corrected chi connectivity index (χ3v) is 5.53. The minimum atomic E-state index is -3.32. The number of urea groups is 1. The largest absolute Gasteiger partial charge is 0.385 e. The van der Waals surface area contributed by atoms with Gasteiger partial charge in [0.1, 0.15) is 0 Å². The maximum atomic E-state index is 12.4. The maximum Gasteiger partial charge on any atom is 0.317 e. The molecule has 1 fully saturated rings. The number of amides is 2. The van der Waals surface area contributed by atoms with Gasteiger partial charge >= 0.3 is 6.03 Å². The Hall–Kier alpha value is -1.64. The first-order valence-electron chi connectivity index (χ1n) is 8.88. The Kier molecular flexibility index (Phi) is 7.43. The van der Waals surface area contributed by atoms with Gasteiger partial charge in [-0.05, 0) is 31.2 Å². The summed E-state index contributed by atoms with van der Waals surface area (Å²) in [4.78, 5) is 14.1. The normalized spacial score (nSPS) is 17.1. The summed E-state index contributed by atoms with van der Waals surface area (Å²) < 4.78 is 31.3. The number of sulfonamides is 1. The maximum absolute atomic E-state index is 12.4. The van der Waals surface area contributed by atoms with E-state index in [1.807, 2.05) is 30.3 Å². The van der Waals surface area contributed by atoms with E-state index >= 15 is 0 Å². The van der Waals surface area contributed by atoms with E-state index in [0.29, 0.717) is 45.5 Å². The predicted octanol–water partition coefficient (Wildman–Crippen LogP) is 1.36. The lowest BCUT2D eigenvalue weighted by atomic mass is 9.86. The van der Waals surface area contributed by atoms with Gasteiger partial charge in [0, 0.05) is 38.9 Å². The highest BCUT2D eigenvalue weighted by atomic mass is 32.2. The molecule has 2 rings (SSSR count). The van der Waals surface area contributed by atoms with Crippen molar-refractivity contribution in [3.8, 4) is 0 Å². The van der Waals surface area contributed by atoms with Crippen molar-refractivity contribution in [3.05, 3.63) is 35.9 Å². The molecule has 146 valence electrons. The van der Waals surface area contributed by atoms with E-state index in [0.717, 1.165) is 6.42 Å². The van der Waals surface area contributed by atoms with Crippen LogP contribution in [0.25, 0.3) is 0 Å². The van der Waals surface area contributed by atoms with Crippen molar-refractivity contribution in [2.45, 2.75) is 31.2 Å². The molecule has 0 atom stereocenters. The van der Waals surface area contributed by atoms with Crippen LogP contribution in [0.5, 0.6) is 0 Å². The highest BCUT2D eigenvalue weighted by Gasteiger charge is 2.37. The van der Waals surface area contributed by atoms with Crippen LogP contribution in [0.15, 0.2) is 30.3 Å². The second-order valence-electron chi connectivity index (χ2n) is 6.85. The molecule has 0 aromatic heterocycles. The molecular formula is C18H29N3O4S. The summed E-state index contributed by atoms with van der Waals surface area (Å²) in [6, 6.07) is 9.91. The quantitative estimate of drug-likeness (QED) is 0.710. The van der Waals surface area contributed by atoms with Gasteiger partial charge in [-0.1, -0.05) is 30.3 Å². The monoisotopic (exact) mass is 383 g/mol. The molecule has 1 aromatic carbocycles. The minimum absolute atomic E-state index is 0.0966. The van der Waals surface area contributed by atoms with Crippen molar-refractivity contribution in [1.82, 2.24) is 14.9 Å². The standard InChI is InChI=1S/C18H29N3O4S/c1-25-15-11-18(20-26(2,23)24)9-13-21(14-10-18)17(22)19-12-8-16-6-4-3-5-7-16/h3-7,20H,8-15H2,1-2H3,(H,19,22). The van der Waals surface area contributed by atoms with Gasteiger partial charge in [0.25, 0.3) is 0 Å². The Bertz CT molecular complexity index is 671. The molecule has 7 nitrogen and oxygen atoms in total. The smallest absolute Gasteiger partial charge is 0.317 e. The van der Waals surface area contributed by atoms with Crippen molar-refractivity contribution in [3.63, 3.8) is 0 Å². The molecule has 0 aliphatic carbocycles. The zero-order valence-electron chi connectivity index (χ0n) is 15.5. The molecule has 8 heteroatoms. The number of carbonyl (C=O) groups excluding carboxylic acids is 1. The molecule has 0 bridgehead atoms. The van der Waals surface area contributed by atoms with Crippen LogP contribution in [0.3, 0.4) is 0 Å². The average molecular weight is 384 g/mol. The van der Waals surface area contributed by atoms with Crippen molar-refractivity contribution in [1.29, 1.82) is 0 Å². The molecule has 0 radical (unpaired) electrons. The number of hydrogen-bond acceptors (Lipinski definition) is 4. The topological polar surface area (TPSA) is 87.7 Å². The van der Waals surface area contributed by atoms with Gasteiger partial charge in [0.05, 0.1) is 6.26 Å². The molecule has 26 heavy (non-hydrogen) atoms. The van der Waals surface area contributed by atoms with Crippen molar-refractivity contribution in [2.75, 3.05) is 39.6 Å². The molecule has 1 aliphatic rings. The molecule has 1 aromatic rings. The molecule has 0 saturated carbocycles. The minimum Gasteiger partial charge on any atom is -0.385 e. The molecule has 2 N–H and O–H groups in total. The van der Waals surface area contributed by atoms with Crippen molar-refractivity contribution >= 4 is 16.1 Å². The van der Waals surface area contributed by atoms with E-state index in [9.17, 15) is 13.2 Å². The molecule has 1 heterocycles. The van der Waals surface area contributed by atoms with Gasteiger partial charge in [0.15, 0.2) is 0 Å². The highest BCUT2D eigenvalue weighted by molar-refractivity contribution is 7.88. The summed E-state index contributed by atoms with van der Waals surface area (Å²) in [5, 5.41) is 2.94. The third kappa shape index (κ3) is 6.59. The van der Waals surface area contributed by atoms with Crippen LogP contribution in [0.4, 0.5) is 4.79 Å². The van der Waals surface area contributed by atoms with Crippen LogP contribution < -0.4 is 10.0 Å². The average Bonchev–Trinajstić information content (AvgIpc) is 2.60. The van der Waals surface area contributed by atoms with Crippen molar-refractivity contribution < 1.29 is 17.9 Å². The molecule has 1 aliphatic heterocycles. The first-order chi connectivity index (χ1) is 12.3. The van der Waals surface area contributed by atoms with E-state index in [4.69, 9.17) is 4.74 Å². The lowest BCUT2D eigenvalue weighted by Gasteiger charge is -2.41. The van der Waals surface area contributed by atoms with Gasteiger partial charge in [-0.2, -0.15) is 0 Å². The fourth-order valence-electron chi connectivity index (χ4n) is 3.30. The first kappa shape index (κ1) is 20.7.